The van der Waals surface area contributed by atoms with E-state index in [0.717, 1.165) is 17.9 Å². The maximum Gasteiger partial charge on any atom is 0.0406 e. The Bertz CT molecular complexity index is 757. The van der Waals surface area contributed by atoms with E-state index in [9.17, 15) is 0 Å². The zero-order valence-electron chi connectivity index (χ0n) is 12.3. The minimum absolute atomic E-state index is 0.503. The van der Waals surface area contributed by atoms with E-state index in [4.69, 9.17) is 11.6 Å². The van der Waals surface area contributed by atoms with Gasteiger partial charge in [0.15, 0.2) is 0 Å². The van der Waals surface area contributed by atoms with E-state index in [-0.39, 0.29) is 0 Å². The first-order valence-electron chi connectivity index (χ1n) is 7.75. The summed E-state index contributed by atoms with van der Waals surface area (Å²) in [5.74, 6) is 0.503. The van der Waals surface area contributed by atoms with Gasteiger partial charge in [0, 0.05) is 10.9 Å². The molecule has 0 fully saturated rings. The van der Waals surface area contributed by atoms with Gasteiger partial charge in [0.2, 0.25) is 0 Å². The summed E-state index contributed by atoms with van der Waals surface area (Å²) in [5.41, 5.74) is 7.10. The molecule has 0 saturated carbocycles. The fourth-order valence-corrected chi connectivity index (χ4v) is 3.66. The molecule has 3 aromatic carbocycles. The third-order valence-electron chi connectivity index (χ3n) is 4.60. The van der Waals surface area contributed by atoms with Gasteiger partial charge in [-0.15, -0.1) is 0 Å². The van der Waals surface area contributed by atoms with Crippen molar-refractivity contribution in [3.8, 4) is 11.1 Å². The van der Waals surface area contributed by atoms with E-state index in [0.29, 0.717) is 5.92 Å². The highest BCUT2D eigenvalue weighted by Crippen LogP contribution is 2.46. The highest BCUT2D eigenvalue weighted by Gasteiger charge is 2.27. The van der Waals surface area contributed by atoms with Crippen LogP contribution >= 0.6 is 11.6 Å². The Balaban J connectivity index is 1.65. The van der Waals surface area contributed by atoms with Gasteiger partial charge >= 0.3 is 0 Å². The number of halogens is 1. The predicted octanol–water partition coefficient (Wildman–Crippen LogP) is 6.09. The van der Waals surface area contributed by atoms with Gasteiger partial charge in [-0.3, -0.25) is 0 Å². The second-order valence-corrected chi connectivity index (χ2v) is 6.33. The molecule has 0 aromatic heterocycles. The van der Waals surface area contributed by atoms with Crippen LogP contribution in [-0.2, 0) is 6.42 Å². The molecule has 108 valence electrons. The topological polar surface area (TPSA) is 0 Å². The van der Waals surface area contributed by atoms with Crippen molar-refractivity contribution >= 4 is 11.6 Å². The van der Waals surface area contributed by atoms with Crippen LogP contribution in [-0.4, -0.2) is 0 Å². The minimum Gasteiger partial charge on any atom is -0.0843 e. The summed E-state index contributed by atoms with van der Waals surface area (Å²) < 4.78 is 0. The van der Waals surface area contributed by atoms with Crippen LogP contribution in [0.1, 0.15) is 29.0 Å². The van der Waals surface area contributed by atoms with E-state index in [1.807, 2.05) is 12.1 Å². The predicted molar refractivity (Wildman–Crippen MR) is 93.5 cm³/mol. The molecule has 1 aliphatic carbocycles. The van der Waals surface area contributed by atoms with Crippen molar-refractivity contribution < 1.29 is 0 Å². The Morgan fingerprint density at radius 3 is 1.82 bits per heavy atom. The standard InChI is InChI=1S/C21H17Cl/c22-16-12-9-15(10-13-16)11-14-21-19-7-3-1-5-17(19)18-6-2-4-8-20(18)21/h1-10,12-13,21H,11,14H2. The third kappa shape index (κ3) is 2.34. The first kappa shape index (κ1) is 13.6. The number of aryl methyl sites for hydroxylation is 1. The summed E-state index contributed by atoms with van der Waals surface area (Å²) in [6.45, 7) is 0. The first-order valence-corrected chi connectivity index (χ1v) is 8.13. The van der Waals surface area contributed by atoms with Crippen LogP contribution in [0.15, 0.2) is 72.8 Å². The second kappa shape index (κ2) is 5.62. The molecule has 0 aliphatic heterocycles. The van der Waals surface area contributed by atoms with Crippen molar-refractivity contribution in [2.75, 3.05) is 0 Å². The van der Waals surface area contributed by atoms with Gasteiger partial charge in [-0.2, -0.15) is 0 Å². The summed E-state index contributed by atoms with van der Waals surface area (Å²) in [4.78, 5) is 0. The van der Waals surface area contributed by atoms with Crippen LogP contribution in [0.25, 0.3) is 11.1 Å². The Morgan fingerprint density at radius 1 is 0.682 bits per heavy atom. The highest BCUT2D eigenvalue weighted by atomic mass is 35.5. The molecule has 0 bridgehead atoms. The van der Waals surface area contributed by atoms with Gasteiger partial charge in [-0.1, -0.05) is 72.3 Å². The van der Waals surface area contributed by atoms with Crippen molar-refractivity contribution in [1.82, 2.24) is 0 Å². The zero-order valence-corrected chi connectivity index (χ0v) is 13.1. The van der Waals surface area contributed by atoms with Crippen LogP contribution in [0.2, 0.25) is 5.02 Å². The number of fused-ring (bicyclic) bond motifs is 3. The molecule has 0 atom stereocenters. The molecular weight excluding hydrogens is 288 g/mol. The fraction of sp³-hybridized carbons (Fsp3) is 0.143. The summed E-state index contributed by atoms with van der Waals surface area (Å²) in [5, 5.41) is 0.806. The number of benzene rings is 3. The van der Waals surface area contributed by atoms with E-state index in [1.165, 1.54) is 27.8 Å². The summed E-state index contributed by atoms with van der Waals surface area (Å²) in [6.07, 6.45) is 2.21. The first-order chi connectivity index (χ1) is 10.8. The van der Waals surface area contributed by atoms with Crippen LogP contribution in [0, 0.1) is 0 Å². The largest absolute Gasteiger partial charge is 0.0843 e. The van der Waals surface area contributed by atoms with E-state index >= 15 is 0 Å². The van der Waals surface area contributed by atoms with Crippen LogP contribution in [0.4, 0.5) is 0 Å². The van der Waals surface area contributed by atoms with Crippen molar-refractivity contribution in [3.63, 3.8) is 0 Å². The Kier molecular flexibility index (Phi) is 3.48. The molecule has 22 heavy (non-hydrogen) atoms. The van der Waals surface area contributed by atoms with Crippen LogP contribution in [0.5, 0.6) is 0 Å². The molecule has 0 spiro atoms. The average Bonchev–Trinajstić information content (AvgIpc) is 2.89. The molecule has 0 unspecified atom stereocenters. The van der Waals surface area contributed by atoms with Gasteiger partial charge < -0.3 is 0 Å². The van der Waals surface area contributed by atoms with Gasteiger partial charge in [-0.05, 0) is 52.8 Å². The minimum atomic E-state index is 0.503. The molecule has 0 amide bonds. The Morgan fingerprint density at radius 2 is 1.23 bits per heavy atom. The lowest BCUT2D eigenvalue weighted by Gasteiger charge is -2.13. The maximum atomic E-state index is 5.97. The zero-order chi connectivity index (χ0) is 14.9. The monoisotopic (exact) mass is 304 g/mol. The van der Waals surface area contributed by atoms with Crippen LogP contribution in [0.3, 0.4) is 0 Å². The lowest BCUT2D eigenvalue weighted by molar-refractivity contribution is 0.729. The molecule has 4 rings (SSSR count). The SMILES string of the molecule is Clc1ccc(CCC2c3ccccc3-c3ccccc32)cc1. The Hall–Kier alpha value is -2.05. The molecule has 0 N–H and O–H groups in total. The second-order valence-electron chi connectivity index (χ2n) is 5.89. The lowest BCUT2D eigenvalue weighted by Crippen LogP contribution is -1.99. The fourth-order valence-electron chi connectivity index (χ4n) is 3.53. The number of rotatable bonds is 3. The molecule has 1 aliphatic rings. The van der Waals surface area contributed by atoms with Gasteiger partial charge in [0.25, 0.3) is 0 Å². The lowest BCUT2D eigenvalue weighted by atomic mass is 9.90. The molecule has 0 nitrogen and oxygen atoms in total. The maximum absolute atomic E-state index is 5.97. The molecule has 3 aromatic rings. The summed E-state index contributed by atoms with van der Waals surface area (Å²) >= 11 is 5.97. The van der Waals surface area contributed by atoms with Crippen molar-refractivity contribution in [3.05, 3.63) is 94.5 Å². The van der Waals surface area contributed by atoms with Crippen LogP contribution < -0.4 is 0 Å². The number of hydrogen-bond donors (Lipinski definition) is 0. The normalized spacial score (nSPS) is 13.0. The number of hydrogen-bond acceptors (Lipinski definition) is 0. The smallest absolute Gasteiger partial charge is 0.0406 e. The summed E-state index contributed by atoms with van der Waals surface area (Å²) in [7, 11) is 0. The molecule has 1 heteroatoms. The molecular formula is C21H17Cl. The van der Waals surface area contributed by atoms with Gasteiger partial charge in [0.05, 0.1) is 0 Å². The average molecular weight is 305 g/mol. The molecule has 0 radical (unpaired) electrons. The van der Waals surface area contributed by atoms with Crippen molar-refractivity contribution in [1.29, 1.82) is 0 Å². The third-order valence-corrected chi connectivity index (χ3v) is 4.85. The summed E-state index contributed by atoms with van der Waals surface area (Å²) in [6, 6.07) is 25.9. The molecule has 0 heterocycles. The van der Waals surface area contributed by atoms with Gasteiger partial charge in [-0.25, -0.2) is 0 Å². The van der Waals surface area contributed by atoms with E-state index in [1.54, 1.807) is 0 Å². The van der Waals surface area contributed by atoms with E-state index in [2.05, 4.69) is 60.7 Å². The van der Waals surface area contributed by atoms with E-state index < -0.39 is 0 Å². The molecule has 0 saturated heterocycles. The van der Waals surface area contributed by atoms with Crippen molar-refractivity contribution in [2.45, 2.75) is 18.8 Å². The van der Waals surface area contributed by atoms with Crippen molar-refractivity contribution in [2.24, 2.45) is 0 Å². The highest BCUT2D eigenvalue weighted by molar-refractivity contribution is 6.30. The quantitative estimate of drug-likeness (QED) is 0.549. The Labute approximate surface area is 136 Å². The van der Waals surface area contributed by atoms with Gasteiger partial charge in [0.1, 0.15) is 0 Å².